The summed E-state index contributed by atoms with van der Waals surface area (Å²) in [4.78, 5) is 24.6. The van der Waals surface area contributed by atoms with Crippen molar-refractivity contribution in [3.63, 3.8) is 0 Å². The van der Waals surface area contributed by atoms with Gasteiger partial charge in [0.2, 0.25) is 0 Å². The summed E-state index contributed by atoms with van der Waals surface area (Å²) in [5.74, 6) is -0.489. The summed E-state index contributed by atoms with van der Waals surface area (Å²) >= 11 is 0. The minimum absolute atomic E-state index is 0.0437. The van der Waals surface area contributed by atoms with E-state index in [0.29, 0.717) is 24.4 Å². The van der Waals surface area contributed by atoms with Crippen LogP contribution in [0.15, 0.2) is 48.5 Å². The Morgan fingerprint density at radius 1 is 1.19 bits per heavy atom. The second kappa shape index (κ2) is 8.84. The number of nitrogens with two attached hydrogens (primary N) is 2. The lowest BCUT2D eigenvalue weighted by atomic mass is 10.0. The number of amides is 2. The van der Waals surface area contributed by atoms with E-state index in [1.54, 1.807) is 10.7 Å². The van der Waals surface area contributed by atoms with Crippen molar-refractivity contribution < 1.29 is 14.3 Å². The van der Waals surface area contributed by atoms with Gasteiger partial charge in [-0.2, -0.15) is 5.10 Å². The van der Waals surface area contributed by atoms with Gasteiger partial charge in [-0.15, -0.1) is 0 Å². The van der Waals surface area contributed by atoms with Crippen LogP contribution in [-0.4, -0.2) is 34.3 Å². The molecular weight excluding hydrogens is 406 g/mol. The average molecular weight is 434 g/mol. The highest BCUT2D eigenvalue weighted by Crippen LogP contribution is 2.34. The van der Waals surface area contributed by atoms with E-state index in [9.17, 15) is 9.59 Å². The first-order chi connectivity index (χ1) is 15.4. The van der Waals surface area contributed by atoms with Crippen LogP contribution in [0.4, 0.5) is 5.82 Å². The van der Waals surface area contributed by atoms with E-state index >= 15 is 0 Å². The van der Waals surface area contributed by atoms with Crippen LogP contribution >= 0.6 is 0 Å². The largest absolute Gasteiger partial charge is 0.383 e. The van der Waals surface area contributed by atoms with E-state index in [-0.39, 0.29) is 29.4 Å². The Labute approximate surface area is 186 Å². The zero-order valence-electron chi connectivity index (χ0n) is 18.2. The summed E-state index contributed by atoms with van der Waals surface area (Å²) < 4.78 is 7.28. The van der Waals surface area contributed by atoms with Crippen molar-refractivity contribution in [2.45, 2.75) is 39.0 Å². The molecular formula is C24H27N5O3. The molecule has 5 N–H and O–H groups in total. The average Bonchev–Trinajstić information content (AvgIpc) is 3.35. The van der Waals surface area contributed by atoms with Gasteiger partial charge in [0.25, 0.3) is 11.8 Å². The Morgan fingerprint density at radius 2 is 1.91 bits per heavy atom. The van der Waals surface area contributed by atoms with E-state index in [2.05, 4.69) is 10.4 Å². The summed E-state index contributed by atoms with van der Waals surface area (Å²) in [6, 6.07) is 14.9. The quantitative estimate of drug-likeness (QED) is 0.551. The SMILES string of the molecule is Cc1ccccc1C(=O)NCc1ccc(-c2nn([C@@H]3CCO[C@@H]3C)c(N)c2C(N)=O)cc1. The highest BCUT2D eigenvalue weighted by molar-refractivity contribution is 6.03. The summed E-state index contributed by atoms with van der Waals surface area (Å²) in [6.07, 6.45) is 0.717. The monoisotopic (exact) mass is 433 g/mol. The Morgan fingerprint density at radius 3 is 2.53 bits per heavy atom. The Balaban J connectivity index is 1.54. The topological polar surface area (TPSA) is 125 Å². The minimum Gasteiger partial charge on any atom is -0.383 e. The predicted molar refractivity (Wildman–Crippen MR) is 122 cm³/mol. The Hall–Kier alpha value is -3.65. The zero-order chi connectivity index (χ0) is 22.8. The molecule has 0 unspecified atom stereocenters. The lowest BCUT2D eigenvalue weighted by Gasteiger charge is -2.16. The van der Waals surface area contributed by atoms with Crippen molar-refractivity contribution in [1.29, 1.82) is 0 Å². The second-order valence-electron chi connectivity index (χ2n) is 8.04. The molecule has 3 aromatic rings. The number of aromatic nitrogens is 2. The van der Waals surface area contributed by atoms with Gasteiger partial charge in [0.15, 0.2) is 0 Å². The van der Waals surface area contributed by atoms with Crippen LogP contribution in [0.3, 0.4) is 0 Å². The van der Waals surface area contributed by atoms with Gasteiger partial charge >= 0.3 is 0 Å². The van der Waals surface area contributed by atoms with Gasteiger partial charge in [0.1, 0.15) is 17.1 Å². The van der Waals surface area contributed by atoms with Gasteiger partial charge in [-0.05, 0) is 37.5 Å². The number of carbonyl (C=O) groups excluding carboxylic acids is 2. The number of aryl methyl sites for hydroxylation is 1. The normalized spacial score (nSPS) is 17.9. The molecule has 1 saturated heterocycles. The van der Waals surface area contributed by atoms with Crippen molar-refractivity contribution in [2.75, 3.05) is 12.3 Å². The molecule has 2 amide bonds. The maximum absolute atomic E-state index is 12.4. The molecule has 0 spiro atoms. The first kappa shape index (κ1) is 21.6. The van der Waals surface area contributed by atoms with Crippen LogP contribution in [-0.2, 0) is 11.3 Å². The molecule has 0 saturated carbocycles. The fourth-order valence-electron chi connectivity index (χ4n) is 4.07. The van der Waals surface area contributed by atoms with E-state index in [0.717, 1.165) is 23.1 Å². The molecule has 1 aliphatic heterocycles. The standard InChI is InChI=1S/C24H27N5O3/c1-14-5-3-4-6-18(14)24(31)27-13-16-7-9-17(10-8-16)21-20(23(26)30)22(25)29(28-21)19-11-12-32-15(19)2/h3-10,15,19H,11-13,25H2,1-2H3,(H2,26,30)(H,27,31)/t15-,19-/m1/s1. The molecule has 0 radical (unpaired) electrons. The molecule has 166 valence electrons. The fraction of sp³-hybridized carbons (Fsp3) is 0.292. The van der Waals surface area contributed by atoms with Gasteiger partial charge in [0, 0.05) is 24.3 Å². The molecule has 2 atom stereocenters. The number of primary amides is 1. The molecule has 2 aromatic carbocycles. The molecule has 4 rings (SSSR count). The molecule has 0 aliphatic carbocycles. The van der Waals surface area contributed by atoms with Gasteiger partial charge in [-0.3, -0.25) is 9.59 Å². The smallest absolute Gasteiger partial charge is 0.254 e. The molecule has 1 aromatic heterocycles. The molecule has 2 heterocycles. The maximum atomic E-state index is 12.4. The predicted octanol–water partition coefficient (Wildman–Crippen LogP) is 2.82. The first-order valence-corrected chi connectivity index (χ1v) is 10.6. The van der Waals surface area contributed by atoms with Crippen molar-refractivity contribution in [2.24, 2.45) is 5.73 Å². The van der Waals surface area contributed by atoms with Gasteiger partial charge < -0.3 is 21.5 Å². The number of ether oxygens (including phenoxy) is 1. The lowest BCUT2D eigenvalue weighted by Crippen LogP contribution is -2.23. The Bertz CT molecular complexity index is 1150. The molecule has 1 aliphatic rings. The lowest BCUT2D eigenvalue weighted by molar-refractivity contribution is 0.0949. The highest BCUT2D eigenvalue weighted by atomic mass is 16.5. The minimum atomic E-state index is -0.620. The number of nitrogen functional groups attached to an aromatic ring is 1. The van der Waals surface area contributed by atoms with Gasteiger partial charge in [-0.1, -0.05) is 42.5 Å². The molecule has 8 nitrogen and oxygen atoms in total. The molecule has 8 heteroatoms. The number of hydrogen-bond donors (Lipinski definition) is 3. The zero-order valence-corrected chi connectivity index (χ0v) is 18.2. The van der Waals surface area contributed by atoms with Crippen LogP contribution in [0.2, 0.25) is 0 Å². The summed E-state index contributed by atoms with van der Waals surface area (Å²) in [6.45, 7) is 4.87. The van der Waals surface area contributed by atoms with Crippen molar-refractivity contribution in [3.8, 4) is 11.3 Å². The fourth-order valence-corrected chi connectivity index (χ4v) is 4.07. The summed E-state index contributed by atoms with van der Waals surface area (Å²) in [5.41, 5.74) is 15.8. The van der Waals surface area contributed by atoms with Crippen molar-refractivity contribution in [1.82, 2.24) is 15.1 Å². The van der Waals surface area contributed by atoms with Crippen LogP contribution in [0, 0.1) is 6.92 Å². The third-order valence-corrected chi connectivity index (χ3v) is 5.91. The summed E-state index contributed by atoms with van der Waals surface area (Å²) in [7, 11) is 0. The van der Waals surface area contributed by atoms with Gasteiger partial charge in [-0.25, -0.2) is 4.68 Å². The second-order valence-corrected chi connectivity index (χ2v) is 8.04. The summed E-state index contributed by atoms with van der Waals surface area (Å²) in [5, 5.41) is 7.56. The van der Waals surface area contributed by atoms with E-state index in [1.165, 1.54) is 0 Å². The third kappa shape index (κ3) is 4.09. The van der Waals surface area contributed by atoms with E-state index in [1.807, 2.05) is 56.3 Å². The van der Waals surface area contributed by atoms with Gasteiger partial charge in [0.05, 0.1) is 12.1 Å². The van der Waals surface area contributed by atoms with Crippen molar-refractivity contribution >= 4 is 17.6 Å². The van der Waals surface area contributed by atoms with E-state index in [4.69, 9.17) is 16.2 Å². The van der Waals surface area contributed by atoms with Crippen LogP contribution < -0.4 is 16.8 Å². The molecule has 32 heavy (non-hydrogen) atoms. The number of carbonyl (C=O) groups is 2. The number of hydrogen-bond acceptors (Lipinski definition) is 5. The first-order valence-electron chi connectivity index (χ1n) is 10.6. The number of nitrogens with zero attached hydrogens (tertiary/aromatic N) is 2. The van der Waals surface area contributed by atoms with E-state index < -0.39 is 5.91 Å². The van der Waals surface area contributed by atoms with Crippen LogP contribution in [0.5, 0.6) is 0 Å². The molecule has 0 bridgehead atoms. The third-order valence-electron chi connectivity index (χ3n) is 5.91. The number of nitrogens with one attached hydrogen (secondary N) is 1. The number of benzene rings is 2. The highest BCUT2D eigenvalue weighted by Gasteiger charge is 2.31. The van der Waals surface area contributed by atoms with Crippen LogP contribution in [0.25, 0.3) is 11.3 Å². The number of anilines is 1. The van der Waals surface area contributed by atoms with Crippen molar-refractivity contribution in [3.05, 3.63) is 70.8 Å². The van der Waals surface area contributed by atoms with Crippen LogP contribution in [0.1, 0.15) is 51.2 Å². The number of rotatable bonds is 6. The molecule has 1 fully saturated rings. The maximum Gasteiger partial charge on any atom is 0.254 e. The Kier molecular flexibility index (Phi) is 5.96.